The lowest BCUT2D eigenvalue weighted by Crippen LogP contribution is -2.26. The van der Waals surface area contributed by atoms with Crippen molar-refractivity contribution in [1.29, 1.82) is 0 Å². The summed E-state index contributed by atoms with van der Waals surface area (Å²) < 4.78 is 0. The molecular formula is C33H37ClN2P2. The number of benzene rings is 3. The lowest BCUT2D eigenvalue weighted by atomic mass is 10.2. The van der Waals surface area contributed by atoms with E-state index in [1.165, 1.54) is 10.6 Å². The van der Waals surface area contributed by atoms with Gasteiger partial charge in [-0.1, -0.05) is 128 Å². The third kappa shape index (κ3) is 7.39. The molecule has 4 aromatic rings. The van der Waals surface area contributed by atoms with Crippen molar-refractivity contribution in [3.05, 3.63) is 113 Å². The smallest absolute Gasteiger partial charge is 0.0816 e. The van der Waals surface area contributed by atoms with E-state index in [0.717, 1.165) is 33.6 Å². The number of hydrogen-bond acceptors (Lipinski definition) is 2. The molecule has 3 aromatic carbocycles. The van der Waals surface area contributed by atoms with E-state index in [1.54, 1.807) is 0 Å². The van der Waals surface area contributed by atoms with Gasteiger partial charge in [0, 0.05) is 22.2 Å². The number of aromatic nitrogens is 1. The molecule has 2 nitrogen and oxygen atoms in total. The topological polar surface area (TPSA) is 25.2 Å². The van der Waals surface area contributed by atoms with Crippen molar-refractivity contribution in [1.82, 2.24) is 4.98 Å². The average molecular weight is 559 g/mol. The Balaban J connectivity index is 1.70. The van der Waals surface area contributed by atoms with Crippen molar-refractivity contribution >= 4 is 55.3 Å². The van der Waals surface area contributed by atoms with Crippen molar-refractivity contribution in [2.45, 2.75) is 58.0 Å². The maximum absolute atomic E-state index is 6.54. The maximum atomic E-state index is 6.54. The van der Waals surface area contributed by atoms with Gasteiger partial charge in [0.15, 0.2) is 0 Å². The zero-order chi connectivity index (χ0) is 27.3. The van der Waals surface area contributed by atoms with E-state index in [1.807, 2.05) is 24.4 Å². The van der Waals surface area contributed by atoms with Crippen LogP contribution in [0.25, 0.3) is 0 Å². The molecule has 0 fully saturated rings. The van der Waals surface area contributed by atoms with Gasteiger partial charge in [-0.05, 0) is 59.2 Å². The van der Waals surface area contributed by atoms with Crippen molar-refractivity contribution < 1.29 is 0 Å². The van der Waals surface area contributed by atoms with E-state index in [2.05, 4.69) is 120 Å². The number of hydrogen-bond donors (Lipinski definition) is 0. The van der Waals surface area contributed by atoms with Crippen LogP contribution in [0.5, 0.6) is 0 Å². The first kappa shape index (κ1) is 28.6. The highest BCUT2D eigenvalue weighted by Crippen LogP contribution is 2.61. The number of rotatable bonds is 7. The number of nitrogens with zero attached hydrogens (tertiary/aromatic N) is 2. The molecule has 0 unspecified atom stereocenters. The van der Waals surface area contributed by atoms with Crippen LogP contribution in [-0.4, -0.2) is 21.5 Å². The average Bonchev–Trinajstić information content (AvgIpc) is 2.87. The van der Waals surface area contributed by atoms with Crippen LogP contribution in [-0.2, 0) is 6.16 Å². The second-order valence-electron chi connectivity index (χ2n) is 11.4. The van der Waals surface area contributed by atoms with Gasteiger partial charge >= 0.3 is 0 Å². The Morgan fingerprint density at radius 1 is 0.737 bits per heavy atom. The van der Waals surface area contributed by atoms with Gasteiger partial charge in [-0.25, -0.2) is 0 Å². The van der Waals surface area contributed by atoms with Crippen molar-refractivity contribution in [2.24, 2.45) is 4.99 Å². The number of halogens is 1. The molecular weight excluding hydrogens is 522 g/mol. The van der Waals surface area contributed by atoms with Crippen molar-refractivity contribution in [3.8, 4) is 0 Å². The summed E-state index contributed by atoms with van der Waals surface area (Å²) in [4.78, 5) is 9.99. The minimum absolute atomic E-state index is 0.254. The Bertz CT molecular complexity index is 1320. The molecule has 0 aliphatic carbocycles. The highest BCUT2D eigenvalue weighted by molar-refractivity contribution is 7.80. The van der Waals surface area contributed by atoms with Gasteiger partial charge < -0.3 is 0 Å². The van der Waals surface area contributed by atoms with E-state index in [0.29, 0.717) is 0 Å². The van der Waals surface area contributed by atoms with Gasteiger partial charge in [0.1, 0.15) is 0 Å². The zero-order valence-corrected chi connectivity index (χ0v) is 25.7. The molecule has 0 spiro atoms. The largest absolute Gasteiger partial charge is 0.254 e. The molecule has 0 atom stereocenters. The summed E-state index contributed by atoms with van der Waals surface area (Å²) >= 11 is 6.54. The van der Waals surface area contributed by atoms with Crippen molar-refractivity contribution in [3.63, 3.8) is 0 Å². The molecule has 4 rings (SSSR count). The number of pyridine rings is 1. The highest BCUT2D eigenvalue weighted by atomic mass is 35.5. The fourth-order valence-electron chi connectivity index (χ4n) is 4.80. The van der Waals surface area contributed by atoms with Crippen LogP contribution in [0, 0.1) is 0 Å². The molecule has 1 aromatic heterocycles. The maximum Gasteiger partial charge on any atom is 0.0816 e. The predicted molar refractivity (Wildman–Crippen MR) is 172 cm³/mol. The Kier molecular flexibility index (Phi) is 9.20. The lowest BCUT2D eigenvalue weighted by Gasteiger charge is -2.41. The minimum atomic E-state index is -0.824. The third-order valence-corrected chi connectivity index (χ3v) is 12.9. The molecule has 0 aliphatic rings. The summed E-state index contributed by atoms with van der Waals surface area (Å²) in [5.74, 6) is 0. The van der Waals surface area contributed by atoms with Gasteiger partial charge in [-0.2, -0.15) is 0 Å². The fraction of sp³-hybridized carbons (Fsp3) is 0.273. The molecule has 0 aliphatic heterocycles. The Morgan fingerprint density at radius 3 is 1.87 bits per heavy atom. The molecule has 0 radical (unpaired) electrons. The Labute approximate surface area is 236 Å². The summed E-state index contributed by atoms with van der Waals surface area (Å²) in [6.45, 7) is 14.1. The van der Waals surface area contributed by atoms with Crippen LogP contribution >= 0.6 is 27.4 Å². The van der Waals surface area contributed by atoms with E-state index in [-0.39, 0.29) is 18.2 Å². The summed E-state index contributed by atoms with van der Waals surface area (Å²) in [7, 11) is -1.10. The Morgan fingerprint density at radius 2 is 1.32 bits per heavy atom. The molecule has 196 valence electrons. The van der Waals surface area contributed by atoms with Gasteiger partial charge in [0.25, 0.3) is 0 Å². The summed E-state index contributed by atoms with van der Waals surface area (Å²) in [5.41, 5.74) is 2.94. The molecule has 0 bridgehead atoms. The van der Waals surface area contributed by atoms with Gasteiger partial charge in [-0.3, -0.25) is 9.98 Å². The fourth-order valence-corrected chi connectivity index (χ4v) is 10.9. The minimum Gasteiger partial charge on any atom is -0.254 e. The van der Waals surface area contributed by atoms with E-state index < -0.39 is 7.92 Å². The molecule has 0 saturated carbocycles. The van der Waals surface area contributed by atoms with E-state index in [4.69, 9.17) is 21.6 Å². The van der Waals surface area contributed by atoms with Gasteiger partial charge in [0.2, 0.25) is 0 Å². The second-order valence-corrected chi connectivity index (χ2v) is 17.9. The summed E-state index contributed by atoms with van der Waals surface area (Å²) in [6.07, 6.45) is 2.90. The molecule has 38 heavy (non-hydrogen) atoms. The molecule has 0 saturated heterocycles. The van der Waals surface area contributed by atoms with Gasteiger partial charge in [0.05, 0.1) is 17.6 Å². The number of aliphatic imine (C=N–C) groups is 1. The quantitative estimate of drug-likeness (QED) is 0.164. The van der Waals surface area contributed by atoms with E-state index >= 15 is 0 Å². The lowest BCUT2D eigenvalue weighted by molar-refractivity contribution is 0.701. The summed E-state index contributed by atoms with van der Waals surface area (Å²) in [5, 5.41) is 4.90. The van der Waals surface area contributed by atoms with Gasteiger partial charge in [-0.15, -0.1) is 0 Å². The van der Waals surface area contributed by atoms with Crippen LogP contribution in [0.2, 0.25) is 5.02 Å². The van der Waals surface area contributed by atoms with E-state index in [9.17, 15) is 0 Å². The van der Waals surface area contributed by atoms with Crippen LogP contribution in [0.4, 0.5) is 5.69 Å². The molecule has 5 heteroatoms. The van der Waals surface area contributed by atoms with Crippen LogP contribution in [0.1, 0.15) is 52.9 Å². The zero-order valence-electron chi connectivity index (χ0n) is 23.2. The summed E-state index contributed by atoms with van der Waals surface area (Å²) in [6, 6.07) is 33.6. The third-order valence-electron chi connectivity index (χ3n) is 6.31. The predicted octanol–water partition coefficient (Wildman–Crippen LogP) is 8.82. The van der Waals surface area contributed by atoms with Crippen LogP contribution in [0.3, 0.4) is 0 Å². The molecule has 0 N–H and O–H groups in total. The van der Waals surface area contributed by atoms with Crippen molar-refractivity contribution in [2.75, 3.05) is 0 Å². The molecule has 0 amide bonds. The molecule has 1 heterocycles. The normalized spacial score (nSPS) is 12.6. The first-order valence-electron chi connectivity index (χ1n) is 13.0. The highest BCUT2D eigenvalue weighted by Gasteiger charge is 2.34. The van der Waals surface area contributed by atoms with Crippen LogP contribution in [0.15, 0.2) is 102 Å². The first-order valence-corrected chi connectivity index (χ1v) is 16.2. The van der Waals surface area contributed by atoms with Crippen LogP contribution < -0.4 is 15.9 Å². The SMILES string of the molecule is CC(C)(C)P(Cc1cccc(/C=N/c2ccc(Cl)cc2P(c2ccccc2)c2ccccc2)n1)C(C)(C)C. The monoisotopic (exact) mass is 558 g/mol. The second kappa shape index (κ2) is 12.2. The first-order chi connectivity index (χ1) is 18.0. The standard InChI is InChI=1S/C33H37ClN2P2/c1-32(2,3)37(33(4,5)6)24-27-15-13-14-26(36-27)23-35-30-21-20-25(34)22-31(30)38(28-16-9-7-10-17-28)29-18-11-8-12-19-29/h7-23H,24H2,1-6H3/b35-23+. The Hall–Kier alpha value is -2.37.